The van der Waals surface area contributed by atoms with Gasteiger partial charge in [-0.1, -0.05) is 160 Å². The van der Waals surface area contributed by atoms with Gasteiger partial charge in [0.25, 0.3) is 0 Å². The average molecular weight is 1710 g/mol. The maximum Gasteiger partial charge on any atom is 0.249 e. The van der Waals surface area contributed by atoms with Crippen molar-refractivity contribution in [2.75, 3.05) is 32.4 Å². The normalized spacial score (nSPS) is 17.3. The molecular formula is C89H92ClF5N16O10S. The molecule has 26 nitrogen and oxygen atoms in total. The number of benzene rings is 8. The Labute approximate surface area is 706 Å². The van der Waals surface area contributed by atoms with Crippen molar-refractivity contribution in [3.8, 4) is 45.6 Å². The number of nitrogens with zero attached hydrogens (tertiary/aromatic N) is 12. The lowest BCUT2D eigenvalue weighted by atomic mass is 10.0. The third-order valence-corrected chi connectivity index (χ3v) is 22.8. The fourth-order valence-corrected chi connectivity index (χ4v) is 16.2. The number of nitrogens with two attached hydrogens (primary N) is 4. The van der Waals surface area contributed by atoms with Gasteiger partial charge in [0.05, 0.1) is 4.90 Å². The van der Waals surface area contributed by atoms with E-state index in [-0.39, 0.29) is 126 Å². The van der Waals surface area contributed by atoms with Crippen molar-refractivity contribution in [3.05, 3.63) is 280 Å². The topological polar surface area (TPSA) is 375 Å². The number of carbonyl (C=O) groups is 4. The number of hydrogen-bond donors (Lipinski definition) is 4. The van der Waals surface area contributed by atoms with Crippen LogP contribution >= 0.6 is 11.6 Å². The molecule has 8 atom stereocenters. The van der Waals surface area contributed by atoms with E-state index in [1.54, 1.807) is 129 Å². The molecule has 4 amide bonds. The first-order valence-corrected chi connectivity index (χ1v) is 42.5. The first-order valence-electron chi connectivity index (χ1n) is 40.2. The molecule has 636 valence electrons. The minimum absolute atomic E-state index is 0.0733. The van der Waals surface area contributed by atoms with E-state index >= 15 is 0 Å². The monoisotopic (exact) mass is 1710 g/mol. The summed E-state index contributed by atoms with van der Waals surface area (Å²) in [6.45, 7) is 2.34. The molecule has 4 fully saturated rings. The summed E-state index contributed by atoms with van der Waals surface area (Å²) >= 11 is 6.04. The Morgan fingerprint density at radius 3 is 0.959 bits per heavy atom. The van der Waals surface area contributed by atoms with Gasteiger partial charge in [-0.15, -0.1) is 0 Å². The Balaban J connectivity index is 0.000000140. The van der Waals surface area contributed by atoms with Crippen LogP contribution in [0.4, 0.5) is 22.0 Å². The average Bonchev–Trinajstić information content (AvgIpc) is 1.68. The van der Waals surface area contributed by atoms with Gasteiger partial charge in [-0.05, 0) is 172 Å². The number of amides is 4. The minimum Gasteiger partial charge on any atom is -0.337 e. The van der Waals surface area contributed by atoms with Crippen molar-refractivity contribution in [2.45, 2.75) is 156 Å². The zero-order valence-electron chi connectivity index (χ0n) is 66.7. The number of rotatable bonds is 25. The van der Waals surface area contributed by atoms with Gasteiger partial charge < -0.3 is 60.6 Å². The van der Waals surface area contributed by atoms with Crippen molar-refractivity contribution in [2.24, 2.45) is 22.9 Å². The van der Waals surface area contributed by atoms with Crippen LogP contribution in [0.3, 0.4) is 0 Å². The van der Waals surface area contributed by atoms with E-state index in [1.807, 2.05) is 42.5 Å². The van der Waals surface area contributed by atoms with Crippen molar-refractivity contribution in [3.63, 3.8) is 0 Å². The van der Waals surface area contributed by atoms with Crippen LogP contribution in [0, 0.1) is 29.1 Å². The van der Waals surface area contributed by atoms with Gasteiger partial charge in [0.1, 0.15) is 53.3 Å². The largest absolute Gasteiger partial charge is 0.337 e. The van der Waals surface area contributed by atoms with E-state index in [1.165, 1.54) is 48.5 Å². The lowest BCUT2D eigenvalue weighted by Crippen LogP contribution is -2.36. The summed E-state index contributed by atoms with van der Waals surface area (Å²) in [5.41, 5.74) is 29.3. The number of halogens is 6. The number of likely N-dealkylation sites (tertiary alicyclic amines) is 4. The molecule has 0 radical (unpaired) electrons. The Morgan fingerprint density at radius 2 is 0.656 bits per heavy atom. The Morgan fingerprint density at radius 1 is 0.377 bits per heavy atom. The van der Waals surface area contributed by atoms with Crippen LogP contribution in [0.15, 0.2) is 223 Å². The standard InChI is InChI=1S/C23H25FN4O4S.C22H22ClFN4O2.C22H22F2N4O2.C22H23FN4O2/c1-33(30,31)18-10-8-15(9-11-18)22-26-23(32-27-22)20-7-4-12-28(20)21(29)14-17(25)13-16-5-2-3-6-19(16)24;2*23-16-7-3-6-15(11-16)21-26-22(30-27-21)19-9-4-10-28(19)20(29)13-17(25)12-14-5-1-2-8-18(14)24;23-18-10-5-4-9-16(18)13-17(24)14-20(28)27-12-6-11-19(27)22-25-21(26-29-22)15-7-2-1-3-8-15/h2-3,5-6,8-11,17,20H,4,7,12-14,25H2,1H3;2*1-3,5-8,11,17,19H,4,9-10,12-13,25H2;1-5,7-10,17,19H,6,11-14,24H2/t17-,20+;3*17-,19+/m1111/s1. The van der Waals surface area contributed by atoms with Gasteiger partial charge in [-0.3, -0.25) is 19.2 Å². The molecule has 0 bridgehead atoms. The van der Waals surface area contributed by atoms with E-state index in [4.69, 9.17) is 52.6 Å². The Kier molecular flexibility index (Phi) is 29.5. The first kappa shape index (κ1) is 87.7. The molecule has 33 heteroatoms. The van der Waals surface area contributed by atoms with Crippen LogP contribution in [0.25, 0.3) is 45.6 Å². The minimum atomic E-state index is -3.30. The van der Waals surface area contributed by atoms with E-state index in [0.717, 1.165) is 55.9 Å². The molecule has 0 unspecified atom stereocenters. The molecule has 0 spiro atoms. The van der Waals surface area contributed by atoms with Crippen molar-refractivity contribution in [1.29, 1.82) is 0 Å². The highest BCUT2D eigenvalue weighted by atomic mass is 35.5. The van der Waals surface area contributed by atoms with Crippen LogP contribution in [-0.4, -0.2) is 149 Å². The molecule has 8 aromatic carbocycles. The fraction of sp³-hybridized carbons (Fsp3) is 0.326. The van der Waals surface area contributed by atoms with Crippen LogP contribution in [0.5, 0.6) is 0 Å². The molecule has 0 saturated carbocycles. The van der Waals surface area contributed by atoms with Gasteiger partial charge in [0, 0.05) is 110 Å². The van der Waals surface area contributed by atoms with E-state index < -0.39 is 34.0 Å². The summed E-state index contributed by atoms with van der Waals surface area (Å²) in [5, 5.41) is 16.6. The summed E-state index contributed by atoms with van der Waals surface area (Å²) in [5.74, 6) is 0.944. The predicted molar refractivity (Wildman–Crippen MR) is 443 cm³/mol. The first-order chi connectivity index (χ1) is 58.8. The third-order valence-electron chi connectivity index (χ3n) is 21.4. The van der Waals surface area contributed by atoms with Gasteiger partial charge >= 0.3 is 0 Å². The number of carbonyl (C=O) groups excluding carboxylic acids is 4. The summed E-state index contributed by atoms with van der Waals surface area (Å²) in [6, 6.07) is 51.5. The van der Waals surface area contributed by atoms with E-state index in [2.05, 4.69) is 40.6 Å². The SMILES string of the molecule is CS(=O)(=O)c1ccc(-c2noc([C@@H]3CCCN3C(=O)C[C@H](N)Cc3ccccc3F)n2)cc1.N[C@@H](CC(=O)N1CCC[C@H]1c1nc(-c2cccc(Cl)c2)no1)Cc1ccccc1F.N[C@@H](CC(=O)N1CCC[C@H]1c1nc(-c2cccc(F)c2)no1)Cc1ccccc1F.N[C@@H](CC(=O)N1CCC[C@H]1c1nc(-c2ccccc2)no1)Cc1ccccc1F. The second-order valence-corrected chi connectivity index (χ2v) is 33.0. The molecule has 8 heterocycles. The Hall–Kier alpha value is -12.1. The molecule has 4 aliphatic heterocycles. The molecule has 12 aromatic rings. The Bertz CT molecular complexity index is 5510. The highest BCUT2D eigenvalue weighted by molar-refractivity contribution is 7.90. The van der Waals surface area contributed by atoms with Crippen LogP contribution in [0.2, 0.25) is 5.02 Å². The quantitative estimate of drug-likeness (QED) is 0.0386. The second-order valence-electron chi connectivity index (χ2n) is 30.5. The van der Waals surface area contributed by atoms with Crippen LogP contribution < -0.4 is 22.9 Å². The van der Waals surface area contributed by atoms with Gasteiger partial charge in [-0.25, -0.2) is 30.4 Å². The molecule has 0 aliphatic carbocycles. The highest BCUT2D eigenvalue weighted by Gasteiger charge is 2.39. The second kappa shape index (κ2) is 41.0. The summed E-state index contributed by atoms with van der Waals surface area (Å²) < 4.78 is 114. The maximum absolute atomic E-state index is 13.9. The molecule has 8 N–H and O–H groups in total. The smallest absolute Gasteiger partial charge is 0.249 e. The molecule has 4 aromatic heterocycles. The van der Waals surface area contributed by atoms with Gasteiger partial charge in [0.2, 0.25) is 70.5 Å². The van der Waals surface area contributed by atoms with Gasteiger partial charge in [0.15, 0.2) is 9.84 Å². The maximum atomic E-state index is 13.9. The predicted octanol–water partition coefficient (Wildman–Crippen LogP) is 14.2. The highest BCUT2D eigenvalue weighted by Crippen LogP contribution is 2.38. The number of hydrogen-bond acceptors (Lipinski definition) is 22. The van der Waals surface area contributed by atoms with Crippen LogP contribution in [0.1, 0.15) is 147 Å². The third kappa shape index (κ3) is 22.9. The molecule has 4 aliphatic rings. The lowest BCUT2D eigenvalue weighted by Gasteiger charge is -2.23. The van der Waals surface area contributed by atoms with E-state index in [0.29, 0.717) is 131 Å². The summed E-state index contributed by atoms with van der Waals surface area (Å²) in [4.78, 5) is 76.4. The molecule has 16 rings (SSSR count). The summed E-state index contributed by atoms with van der Waals surface area (Å²) in [6.07, 6.45) is 8.93. The van der Waals surface area contributed by atoms with E-state index in [9.17, 15) is 49.5 Å². The number of sulfone groups is 1. The zero-order chi connectivity index (χ0) is 86.0. The molecule has 122 heavy (non-hydrogen) atoms. The fourth-order valence-electron chi connectivity index (χ4n) is 15.4. The van der Waals surface area contributed by atoms with Crippen molar-refractivity contribution in [1.82, 2.24) is 60.2 Å². The summed E-state index contributed by atoms with van der Waals surface area (Å²) in [7, 11) is -3.30. The van der Waals surface area contributed by atoms with Crippen LogP contribution in [-0.2, 0) is 54.7 Å². The molecular weight excluding hydrogens is 1620 g/mol. The van der Waals surface area contributed by atoms with Crippen molar-refractivity contribution < 1.29 is 67.6 Å². The molecule has 4 saturated heterocycles. The van der Waals surface area contributed by atoms with Gasteiger partial charge in [-0.2, -0.15) is 19.9 Å². The number of aromatic nitrogens is 8. The zero-order valence-corrected chi connectivity index (χ0v) is 68.3. The lowest BCUT2D eigenvalue weighted by molar-refractivity contribution is -0.133. The van der Waals surface area contributed by atoms with Crippen molar-refractivity contribution >= 4 is 45.1 Å².